The Morgan fingerprint density at radius 3 is 2.09 bits per heavy atom. The fourth-order valence-corrected chi connectivity index (χ4v) is 5.31. The van der Waals surface area contributed by atoms with E-state index in [1.165, 1.54) is 10.6 Å². The SMILES string of the molecule is Cc1ccc(Oc2ccc(N3CC4CC(C3)N(C(=O)OCc3ccccc3)N4C(=O)I)cc2)cc1. The predicted molar refractivity (Wildman–Crippen MR) is 142 cm³/mol. The maximum atomic E-state index is 13.0. The molecule has 0 N–H and O–H groups in total. The second kappa shape index (κ2) is 10.2. The van der Waals surface area contributed by atoms with Gasteiger partial charge in [0.25, 0.3) is 0 Å². The molecule has 2 unspecified atom stereocenters. The Bertz CT molecular complexity index is 1190. The van der Waals surface area contributed by atoms with Crippen LogP contribution in [0, 0.1) is 6.92 Å². The van der Waals surface area contributed by atoms with E-state index in [2.05, 4.69) is 4.90 Å². The number of piperidine rings is 1. The third kappa shape index (κ3) is 5.22. The minimum Gasteiger partial charge on any atom is -0.457 e. The Morgan fingerprint density at radius 2 is 1.46 bits per heavy atom. The van der Waals surface area contributed by atoms with Crippen LogP contribution >= 0.6 is 22.6 Å². The van der Waals surface area contributed by atoms with Crippen molar-refractivity contribution in [2.24, 2.45) is 0 Å². The summed E-state index contributed by atoms with van der Waals surface area (Å²) >= 11 is 1.75. The number of carbonyl (C=O) groups excluding carboxylic acids is 2. The van der Waals surface area contributed by atoms with Gasteiger partial charge in [0.2, 0.25) is 0 Å². The van der Waals surface area contributed by atoms with Crippen molar-refractivity contribution in [3.8, 4) is 11.5 Å². The molecule has 2 saturated heterocycles. The number of hydrogen-bond donors (Lipinski definition) is 0. The number of ether oxygens (including phenoxy) is 2. The summed E-state index contributed by atoms with van der Waals surface area (Å²) in [6, 6.07) is 25.2. The number of hydrogen-bond acceptors (Lipinski definition) is 5. The van der Waals surface area contributed by atoms with E-state index in [9.17, 15) is 9.59 Å². The number of fused-ring (bicyclic) bond motifs is 2. The number of aryl methyl sites for hydroxylation is 1. The first-order valence-electron chi connectivity index (χ1n) is 11.6. The molecular weight excluding hydrogens is 557 g/mol. The maximum Gasteiger partial charge on any atom is 0.429 e. The Morgan fingerprint density at radius 1 is 0.857 bits per heavy atom. The lowest BCUT2D eigenvalue weighted by Gasteiger charge is -2.32. The molecule has 8 heteroatoms. The summed E-state index contributed by atoms with van der Waals surface area (Å²) in [7, 11) is 0. The van der Waals surface area contributed by atoms with Crippen molar-refractivity contribution < 1.29 is 19.1 Å². The number of benzene rings is 3. The van der Waals surface area contributed by atoms with Gasteiger partial charge >= 0.3 is 10.0 Å². The average molecular weight is 583 g/mol. The molecule has 35 heavy (non-hydrogen) atoms. The highest BCUT2D eigenvalue weighted by molar-refractivity contribution is 14.1. The monoisotopic (exact) mass is 583 g/mol. The number of halogens is 1. The van der Waals surface area contributed by atoms with Crippen LogP contribution in [-0.2, 0) is 11.3 Å². The van der Waals surface area contributed by atoms with Crippen molar-refractivity contribution in [3.05, 3.63) is 90.0 Å². The first kappa shape index (κ1) is 23.5. The van der Waals surface area contributed by atoms with E-state index in [0.717, 1.165) is 29.2 Å². The van der Waals surface area contributed by atoms with Crippen molar-refractivity contribution in [2.45, 2.75) is 32.0 Å². The van der Waals surface area contributed by atoms with Crippen LogP contribution in [0.15, 0.2) is 78.9 Å². The van der Waals surface area contributed by atoms with E-state index in [1.54, 1.807) is 27.6 Å². The van der Waals surface area contributed by atoms with Gasteiger partial charge < -0.3 is 14.4 Å². The van der Waals surface area contributed by atoms with Crippen molar-refractivity contribution >= 4 is 38.3 Å². The number of carbonyl (C=O) groups is 2. The molecule has 2 aliphatic heterocycles. The van der Waals surface area contributed by atoms with Crippen LogP contribution in [0.5, 0.6) is 11.5 Å². The van der Waals surface area contributed by atoms with Crippen LogP contribution in [0.2, 0.25) is 0 Å². The second-order valence-corrected chi connectivity index (χ2v) is 9.76. The first-order valence-corrected chi connectivity index (χ1v) is 12.6. The molecule has 7 nitrogen and oxygen atoms in total. The predicted octanol–water partition coefficient (Wildman–Crippen LogP) is 6.16. The third-order valence-corrected chi connectivity index (χ3v) is 6.86. The van der Waals surface area contributed by atoms with E-state index >= 15 is 0 Å². The summed E-state index contributed by atoms with van der Waals surface area (Å²) in [5, 5.41) is 3.07. The third-order valence-electron chi connectivity index (χ3n) is 6.36. The highest BCUT2D eigenvalue weighted by Gasteiger charge is 2.49. The van der Waals surface area contributed by atoms with Gasteiger partial charge in [-0.1, -0.05) is 48.0 Å². The lowest BCUT2D eigenvalue weighted by molar-refractivity contribution is 0.0167. The van der Waals surface area contributed by atoms with Crippen LogP contribution in [0.4, 0.5) is 15.3 Å². The molecule has 2 amide bonds. The standard InChI is InChI=1S/C27H26IN3O4/c1-19-7-11-24(12-8-19)35-25-13-9-21(10-14-25)29-16-22-15-23(17-29)31(30(22)26(28)32)27(33)34-18-20-5-3-2-4-6-20/h2-14,22-23H,15-18H2,1H3. The molecule has 2 aliphatic rings. The Hall–Kier alpha value is -3.27. The highest BCUT2D eigenvalue weighted by atomic mass is 127. The van der Waals surface area contributed by atoms with Gasteiger partial charge in [-0.3, -0.25) is 4.79 Å². The lowest BCUT2D eigenvalue weighted by atomic mass is 10.0. The van der Waals surface area contributed by atoms with E-state index in [-0.39, 0.29) is 22.6 Å². The molecule has 5 rings (SSSR count). The smallest absolute Gasteiger partial charge is 0.429 e. The van der Waals surface area contributed by atoms with Crippen molar-refractivity contribution in [1.82, 2.24) is 10.0 Å². The molecule has 0 aliphatic carbocycles. The van der Waals surface area contributed by atoms with Crippen LogP contribution in [-0.4, -0.2) is 45.2 Å². The highest BCUT2D eigenvalue weighted by Crippen LogP contribution is 2.35. The topological polar surface area (TPSA) is 62.3 Å². The van der Waals surface area contributed by atoms with Gasteiger partial charge in [0, 0.05) is 41.4 Å². The molecule has 0 saturated carbocycles. The molecule has 0 radical (unpaired) electrons. The van der Waals surface area contributed by atoms with E-state index < -0.39 is 6.09 Å². The van der Waals surface area contributed by atoms with Crippen LogP contribution in [0.25, 0.3) is 0 Å². The molecule has 2 bridgehead atoms. The molecule has 2 atom stereocenters. The minimum atomic E-state index is -0.491. The zero-order valence-electron chi connectivity index (χ0n) is 19.3. The molecule has 3 aromatic rings. The van der Waals surface area contributed by atoms with Gasteiger partial charge in [-0.05, 0) is 55.3 Å². The maximum absolute atomic E-state index is 13.0. The molecule has 180 valence electrons. The van der Waals surface area contributed by atoms with Gasteiger partial charge in [-0.15, -0.1) is 0 Å². The van der Waals surface area contributed by atoms with Gasteiger partial charge in [0.15, 0.2) is 0 Å². The molecule has 0 spiro atoms. The van der Waals surface area contributed by atoms with E-state index in [0.29, 0.717) is 13.1 Å². The molecule has 2 heterocycles. The summed E-state index contributed by atoms with van der Waals surface area (Å²) < 4.78 is 11.3. The number of hydrazine groups is 1. The van der Waals surface area contributed by atoms with E-state index in [4.69, 9.17) is 9.47 Å². The van der Waals surface area contributed by atoms with Gasteiger partial charge in [-0.2, -0.15) is 0 Å². The fraction of sp³-hybridized carbons (Fsp3) is 0.259. The normalized spacial score (nSPS) is 19.0. The zero-order chi connectivity index (χ0) is 24.4. The summed E-state index contributed by atoms with van der Waals surface area (Å²) in [6.45, 7) is 3.48. The van der Waals surface area contributed by atoms with Crippen LogP contribution in [0.1, 0.15) is 17.5 Å². The zero-order valence-corrected chi connectivity index (χ0v) is 21.5. The van der Waals surface area contributed by atoms with Crippen molar-refractivity contribution in [2.75, 3.05) is 18.0 Å². The molecular formula is C27H26IN3O4. The second-order valence-electron chi connectivity index (χ2n) is 8.84. The summed E-state index contributed by atoms with van der Waals surface area (Å²) in [6.07, 6.45) is 0.246. The Labute approximate surface area is 218 Å². The minimum absolute atomic E-state index is 0.0917. The van der Waals surface area contributed by atoms with Gasteiger partial charge in [0.05, 0.1) is 12.1 Å². The lowest BCUT2D eigenvalue weighted by Crippen LogP contribution is -2.48. The first-order chi connectivity index (χ1) is 17.0. The number of rotatable bonds is 5. The van der Waals surface area contributed by atoms with Crippen molar-refractivity contribution in [3.63, 3.8) is 0 Å². The van der Waals surface area contributed by atoms with Gasteiger partial charge in [-0.25, -0.2) is 14.8 Å². The van der Waals surface area contributed by atoms with Gasteiger partial charge in [0.1, 0.15) is 18.1 Å². The Balaban J connectivity index is 1.27. The fourth-order valence-electron chi connectivity index (χ4n) is 4.68. The van der Waals surface area contributed by atoms with Crippen LogP contribution in [0.3, 0.4) is 0 Å². The molecule has 0 aromatic heterocycles. The number of nitrogens with zero attached hydrogens (tertiary/aromatic N) is 3. The summed E-state index contributed by atoms with van der Waals surface area (Å²) in [5.74, 6) is 1.55. The number of anilines is 1. The molecule has 2 fully saturated rings. The summed E-state index contributed by atoms with van der Waals surface area (Å²) in [5.41, 5.74) is 3.12. The van der Waals surface area contributed by atoms with E-state index in [1.807, 2.05) is 85.8 Å². The quantitative estimate of drug-likeness (QED) is 0.205. The average Bonchev–Trinajstić information content (AvgIpc) is 3.14. The largest absolute Gasteiger partial charge is 0.457 e. The van der Waals surface area contributed by atoms with Crippen molar-refractivity contribution in [1.29, 1.82) is 0 Å². The molecule has 3 aromatic carbocycles. The number of amides is 2. The van der Waals surface area contributed by atoms with Crippen LogP contribution < -0.4 is 9.64 Å². The summed E-state index contributed by atoms with van der Waals surface area (Å²) in [4.78, 5) is 27.7. The Kier molecular flexibility index (Phi) is 6.81.